The molecular weight excluding hydrogens is 404 g/mol. The van der Waals surface area contributed by atoms with Gasteiger partial charge in [0.1, 0.15) is 11.6 Å². The van der Waals surface area contributed by atoms with Crippen molar-refractivity contribution in [1.29, 1.82) is 0 Å². The Kier molecular flexibility index (Phi) is 10.0. The van der Waals surface area contributed by atoms with Gasteiger partial charge in [0.15, 0.2) is 11.6 Å². The number of aliphatic imine (C=N–C) groups is 2. The van der Waals surface area contributed by atoms with Crippen LogP contribution < -0.4 is 0 Å². The van der Waals surface area contributed by atoms with Crippen LogP contribution >= 0.6 is 0 Å². The van der Waals surface area contributed by atoms with Crippen molar-refractivity contribution in [2.24, 2.45) is 9.98 Å². The highest BCUT2D eigenvalue weighted by molar-refractivity contribution is 6.13. The molecule has 0 radical (unpaired) electrons. The fourth-order valence-electron chi connectivity index (χ4n) is 3.10. The van der Waals surface area contributed by atoms with Gasteiger partial charge in [0.05, 0.1) is 25.9 Å². The lowest BCUT2D eigenvalue weighted by atomic mass is 10.0. The summed E-state index contributed by atoms with van der Waals surface area (Å²) in [5.41, 5.74) is 2.35. The first-order valence-electron chi connectivity index (χ1n) is 10.5. The van der Waals surface area contributed by atoms with Crippen molar-refractivity contribution in [3.63, 3.8) is 0 Å². The van der Waals surface area contributed by atoms with Gasteiger partial charge in [-0.25, -0.2) is 0 Å². The van der Waals surface area contributed by atoms with E-state index < -0.39 is 0 Å². The van der Waals surface area contributed by atoms with E-state index in [4.69, 9.17) is 0 Å². The lowest BCUT2D eigenvalue weighted by molar-refractivity contribution is -0.118. The van der Waals surface area contributed by atoms with E-state index in [0.29, 0.717) is 35.6 Å². The van der Waals surface area contributed by atoms with Crippen LogP contribution in [0.5, 0.6) is 0 Å². The molecule has 0 saturated carbocycles. The second-order valence-corrected chi connectivity index (χ2v) is 7.60. The smallest absolute Gasteiger partial charge is 0.170 e. The molecule has 0 heterocycles. The molecule has 32 heavy (non-hydrogen) atoms. The molecule has 0 atom stereocenters. The van der Waals surface area contributed by atoms with Crippen LogP contribution in [0.2, 0.25) is 0 Å². The number of benzene rings is 2. The number of carbonyl (C=O) groups excluding carboxylic acids is 4. The van der Waals surface area contributed by atoms with Crippen molar-refractivity contribution in [2.45, 2.75) is 39.5 Å². The Morgan fingerprint density at radius 3 is 1.25 bits per heavy atom. The monoisotopic (exact) mass is 432 g/mol. The van der Waals surface area contributed by atoms with Crippen LogP contribution in [0.4, 0.5) is 0 Å². The summed E-state index contributed by atoms with van der Waals surface area (Å²) >= 11 is 0. The zero-order chi connectivity index (χ0) is 23.3. The quantitative estimate of drug-likeness (QED) is 0.203. The molecule has 2 rings (SSSR count). The molecule has 0 amide bonds. The number of ketones is 4. The van der Waals surface area contributed by atoms with E-state index in [1.54, 1.807) is 62.4 Å². The first-order chi connectivity index (χ1) is 15.3. The van der Waals surface area contributed by atoms with Crippen molar-refractivity contribution in [3.8, 4) is 0 Å². The maximum absolute atomic E-state index is 12.1. The van der Waals surface area contributed by atoms with E-state index in [1.165, 1.54) is 0 Å². The molecule has 0 N–H and O–H groups in total. The van der Waals surface area contributed by atoms with Gasteiger partial charge in [-0.1, -0.05) is 60.7 Å². The Balaban J connectivity index is 1.70. The minimum atomic E-state index is -0.195. The average Bonchev–Trinajstić information content (AvgIpc) is 2.77. The Bertz CT molecular complexity index is 925. The van der Waals surface area contributed by atoms with Crippen LogP contribution in [0.1, 0.15) is 60.2 Å². The minimum absolute atomic E-state index is 0.126. The third-order valence-corrected chi connectivity index (χ3v) is 4.68. The van der Waals surface area contributed by atoms with Gasteiger partial charge in [0, 0.05) is 35.4 Å². The van der Waals surface area contributed by atoms with Crippen LogP contribution in [0.3, 0.4) is 0 Å². The lowest BCUT2D eigenvalue weighted by Gasteiger charge is -2.03. The molecule has 0 saturated heterocycles. The second kappa shape index (κ2) is 13.0. The molecule has 0 unspecified atom stereocenters. The highest BCUT2D eigenvalue weighted by Gasteiger charge is 2.13. The Morgan fingerprint density at radius 2 is 0.906 bits per heavy atom. The summed E-state index contributed by atoms with van der Waals surface area (Å²) in [5.74, 6) is -0.736. The largest absolute Gasteiger partial charge is 0.299 e. The van der Waals surface area contributed by atoms with E-state index in [9.17, 15) is 19.2 Å². The predicted octanol–water partition coefficient (Wildman–Crippen LogP) is 4.37. The summed E-state index contributed by atoms with van der Waals surface area (Å²) in [5, 5.41) is 0. The van der Waals surface area contributed by atoms with E-state index in [2.05, 4.69) is 9.98 Å². The fourth-order valence-corrected chi connectivity index (χ4v) is 3.10. The third-order valence-electron chi connectivity index (χ3n) is 4.68. The lowest BCUT2D eigenvalue weighted by Crippen LogP contribution is -2.12. The number of rotatable bonds is 13. The standard InChI is InChI=1S/C26H28N2O4/c1-19(15-23(29)17-25(31)21-9-5-3-6-10-21)27-13-14-28-20(2)16-24(30)18-26(32)22-11-7-4-8-12-22/h3-12H,13-18H2,1-2H3. The topological polar surface area (TPSA) is 93.0 Å². The number of carbonyl (C=O) groups is 4. The molecule has 2 aromatic carbocycles. The van der Waals surface area contributed by atoms with E-state index >= 15 is 0 Å². The van der Waals surface area contributed by atoms with Crippen LogP contribution in [0.25, 0.3) is 0 Å². The SMILES string of the molecule is CC(CC(=O)CC(=O)c1ccccc1)=NCCN=C(C)CC(=O)CC(=O)c1ccccc1. The van der Waals surface area contributed by atoms with Gasteiger partial charge >= 0.3 is 0 Å². The van der Waals surface area contributed by atoms with Crippen molar-refractivity contribution in [2.75, 3.05) is 13.1 Å². The zero-order valence-corrected chi connectivity index (χ0v) is 18.5. The molecule has 6 heteroatoms. The van der Waals surface area contributed by atoms with E-state index in [0.717, 1.165) is 0 Å². The summed E-state index contributed by atoms with van der Waals surface area (Å²) in [6.07, 6.45) is -0.0292. The maximum atomic E-state index is 12.1. The van der Waals surface area contributed by atoms with Crippen molar-refractivity contribution in [1.82, 2.24) is 0 Å². The van der Waals surface area contributed by atoms with Gasteiger partial charge < -0.3 is 0 Å². The van der Waals surface area contributed by atoms with Gasteiger partial charge in [0.2, 0.25) is 0 Å². The molecule has 0 fully saturated rings. The molecule has 0 aliphatic carbocycles. The van der Waals surface area contributed by atoms with Crippen LogP contribution in [-0.4, -0.2) is 47.6 Å². The predicted molar refractivity (Wildman–Crippen MR) is 126 cm³/mol. The number of nitrogens with zero attached hydrogens (tertiary/aromatic N) is 2. The van der Waals surface area contributed by atoms with Gasteiger partial charge in [0.25, 0.3) is 0 Å². The Hall–Kier alpha value is -3.54. The van der Waals surface area contributed by atoms with Gasteiger partial charge in [-0.3, -0.25) is 29.2 Å². The molecule has 0 spiro atoms. The van der Waals surface area contributed by atoms with E-state index in [-0.39, 0.29) is 48.8 Å². The second-order valence-electron chi connectivity index (χ2n) is 7.60. The van der Waals surface area contributed by atoms with Crippen molar-refractivity contribution >= 4 is 34.6 Å². The molecule has 0 aliphatic rings. The molecule has 0 aliphatic heterocycles. The van der Waals surface area contributed by atoms with Crippen LogP contribution in [-0.2, 0) is 9.59 Å². The minimum Gasteiger partial charge on any atom is -0.299 e. The first-order valence-corrected chi connectivity index (χ1v) is 10.5. The van der Waals surface area contributed by atoms with Crippen molar-refractivity contribution in [3.05, 3.63) is 71.8 Å². The summed E-state index contributed by atoms with van der Waals surface area (Å²) < 4.78 is 0. The number of Topliss-reactive ketones (excluding diaryl/α,β-unsaturated/α-hetero) is 4. The zero-order valence-electron chi connectivity index (χ0n) is 18.5. The average molecular weight is 433 g/mol. The summed E-state index contributed by atoms with van der Waals surface area (Å²) in [6.45, 7) is 4.28. The summed E-state index contributed by atoms with van der Waals surface area (Å²) in [7, 11) is 0. The van der Waals surface area contributed by atoms with Crippen molar-refractivity contribution < 1.29 is 19.2 Å². The first kappa shape index (κ1) is 24.7. The van der Waals surface area contributed by atoms with Gasteiger partial charge in [-0.15, -0.1) is 0 Å². The Morgan fingerprint density at radius 1 is 0.562 bits per heavy atom. The molecule has 2 aromatic rings. The van der Waals surface area contributed by atoms with Crippen LogP contribution in [0, 0.1) is 0 Å². The normalized spacial score (nSPS) is 11.8. The molecule has 0 bridgehead atoms. The Labute approximate surface area is 188 Å². The number of hydrogen-bond donors (Lipinski definition) is 0. The third kappa shape index (κ3) is 9.08. The molecule has 6 nitrogen and oxygen atoms in total. The highest BCUT2D eigenvalue weighted by Crippen LogP contribution is 2.06. The summed E-state index contributed by atoms with van der Waals surface area (Å²) in [4.78, 5) is 57.0. The maximum Gasteiger partial charge on any atom is 0.170 e. The van der Waals surface area contributed by atoms with Gasteiger partial charge in [-0.05, 0) is 13.8 Å². The molecule has 166 valence electrons. The number of hydrogen-bond acceptors (Lipinski definition) is 6. The van der Waals surface area contributed by atoms with Crippen LogP contribution in [0.15, 0.2) is 70.6 Å². The van der Waals surface area contributed by atoms with Gasteiger partial charge in [-0.2, -0.15) is 0 Å². The fraction of sp³-hybridized carbons (Fsp3) is 0.308. The highest BCUT2D eigenvalue weighted by atomic mass is 16.2. The summed E-state index contributed by atoms with van der Waals surface area (Å²) in [6, 6.07) is 17.5. The molecular formula is C26H28N2O4. The molecule has 0 aromatic heterocycles. The van der Waals surface area contributed by atoms with E-state index in [1.807, 2.05) is 12.1 Å².